The molecule has 0 N–H and O–H groups in total. The number of nitrogens with zero attached hydrogens (tertiary/aromatic N) is 2. The number of carbonyl (C=O) groups is 2. The molecule has 2 amide bonds. The van der Waals surface area contributed by atoms with Crippen molar-refractivity contribution in [2.24, 2.45) is 0 Å². The van der Waals surface area contributed by atoms with Gasteiger partial charge in [-0.1, -0.05) is 32.6 Å². The van der Waals surface area contributed by atoms with Crippen LogP contribution in [-0.4, -0.2) is 23.8 Å². The summed E-state index contributed by atoms with van der Waals surface area (Å²) in [5, 5.41) is 0. The van der Waals surface area contributed by atoms with Crippen LogP contribution in [-0.2, 0) is 21.5 Å². The number of anilines is 1. The predicted octanol–water partition coefficient (Wildman–Crippen LogP) is 2.35. The van der Waals surface area contributed by atoms with Gasteiger partial charge < -0.3 is 4.90 Å². The summed E-state index contributed by atoms with van der Waals surface area (Å²) in [5.41, 5.74) is 4.20. The molecule has 0 bridgehead atoms. The molecule has 2 aliphatic heterocycles. The maximum Gasteiger partial charge on any atom is 0.253 e. The highest BCUT2D eigenvalue weighted by Gasteiger charge is 2.37. The Kier molecular flexibility index (Phi) is 2.80. The van der Waals surface area contributed by atoms with Crippen LogP contribution in [0.3, 0.4) is 0 Å². The van der Waals surface area contributed by atoms with E-state index in [9.17, 15) is 9.59 Å². The van der Waals surface area contributed by atoms with Crippen LogP contribution >= 0.6 is 0 Å². The fourth-order valence-electron chi connectivity index (χ4n) is 2.97. The zero-order chi connectivity index (χ0) is 15.4. The van der Waals surface area contributed by atoms with Crippen LogP contribution in [0.1, 0.15) is 25.0 Å². The second kappa shape index (κ2) is 4.32. The zero-order valence-electron chi connectivity index (χ0n) is 12.5. The Hall–Kier alpha value is -2.36. The third-order valence-electron chi connectivity index (χ3n) is 4.46. The first kappa shape index (κ1) is 13.6. The number of rotatable bonds is 2. The van der Waals surface area contributed by atoms with Gasteiger partial charge in [-0.05, 0) is 17.2 Å². The first-order valence-corrected chi connectivity index (χ1v) is 6.92. The van der Waals surface area contributed by atoms with Crippen LogP contribution in [0.15, 0.2) is 42.6 Å². The minimum Gasteiger partial charge on any atom is -0.348 e. The van der Waals surface area contributed by atoms with E-state index in [2.05, 4.69) is 31.4 Å². The van der Waals surface area contributed by atoms with Gasteiger partial charge in [0, 0.05) is 36.0 Å². The van der Waals surface area contributed by atoms with E-state index in [0.29, 0.717) is 6.54 Å². The third kappa shape index (κ3) is 1.90. The van der Waals surface area contributed by atoms with Gasteiger partial charge in [-0.15, -0.1) is 0 Å². The summed E-state index contributed by atoms with van der Waals surface area (Å²) < 4.78 is 0. The fraction of sp³-hybridized carbons (Fsp3) is 0.294. The van der Waals surface area contributed by atoms with Crippen LogP contribution in [0.2, 0.25) is 0 Å². The van der Waals surface area contributed by atoms with E-state index < -0.39 is 0 Å². The van der Waals surface area contributed by atoms with Crippen LogP contribution in [0.25, 0.3) is 0 Å². The van der Waals surface area contributed by atoms with Crippen molar-refractivity contribution in [3.05, 3.63) is 53.8 Å². The standard InChI is InChI=1S/C17H18N2O2/c1-11-17(2,3)13-6-5-12(9-14(13)18(11)4)10-19-15(20)7-8-16(19)21/h5-9H,1,10H2,2-4H3. The number of fused-ring (bicyclic) bond motifs is 1. The maximum absolute atomic E-state index is 11.6. The number of likely N-dealkylation sites (N-methyl/N-ethyl adjacent to an activating group) is 1. The summed E-state index contributed by atoms with van der Waals surface area (Å²) >= 11 is 0. The van der Waals surface area contributed by atoms with E-state index in [-0.39, 0.29) is 17.2 Å². The van der Waals surface area contributed by atoms with Gasteiger partial charge in [0.05, 0.1) is 6.54 Å². The van der Waals surface area contributed by atoms with Crippen LogP contribution in [0, 0.1) is 0 Å². The molecule has 3 rings (SSSR count). The van der Waals surface area contributed by atoms with Gasteiger partial charge in [0.15, 0.2) is 0 Å². The van der Waals surface area contributed by atoms with E-state index in [1.807, 2.05) is 19.2 Å². The second-order valence-electron chi connectivity index (χ2n) is 6.08. The predicted molar refractivity (Wildman–Crippen MR) is 81.7 cm³/mol. The second-order valence-corrected chi connectivity index (χ2v) is 6.08. The van der Waals surface area contributed by atoms with Crippen LogP contribution in [0.5, 0.6) is 0 Å². The van der Waals surface area contributed by atoms with Gasteiger partial charge in [-0.3, -0.25) is 14.5 Å². The highest BCUT2D eigenvalue weighted by atomic mass is 16.2. The average molecular weight is 282 g/mol. The molecule has 0 saturated carbocycles. The monoisotopic (exact) mass is 282 g/mol. The van der Waals surface area contributed by atoms with E-state index in [1.165, 1.54) is 22.6 Å². The van der Waals surface area contributed by atoms with E-state index in [0.717, 1.165) is 16.9 Å². The van der Waals surface area contributed by atoms with Crippen molar-refractivity contribution in [1.29, 1.82) is 0 Å². The Balaban J connectivity index is 1.93. The van der Waals surface area contributed by atoms with Gasteiger partial charge in [-0.25, -0.2) is 0 Å². The number of benzene rings is 1. The number of hydrogen-bond acceptors (Lipinski definition) is 3. The van der Waals surface area contributed by atoms with Crippen molar-refractivity contribution in [1.82, 2.24) is 4.90 Å². The Labute approximate surface area is 124 Å². The number of imide groups is 1. The summed E-state index contributed by atoms with van der Waals surface area (Å²) in [6.07, 6.45) is 2.62. The largest absolute Gasteiger partial charge is 0.348 e. The fourth-order valence-corrected chi connectivity index (χ4v) is 2.97. The number of amides is 2. The molecule has 2 aliphatic rings. The topological polar surface area (TPSA) is 40.6 Å². The molecule has 108 valence electrons. The summed E-state index contributed by atoms with van der Waals surface area (Å²) in [4.78, 5) is 26.6. The van der Waals surface area contributed by atoms with Gasteiger partial charge in [0.2, 0.25) is 0 Å². The first-order valence-electron chi connectivity index (χ1n) is 6.92. The molecule has 1 aromatic rings. The maximum atomic E-state index is 11.6. The van der Waals surface area contributed by atoms with Crippen molar-refractivity contribution in [3.63, 3.8) is 0 Å². The molecule has 4 heteroatoms. The van der Waals surface area contributed by atoms with Gasteiger partial charge >= 0.3 is 0 Å². The highest BCUT2D eigenvalue weighted by molar-refractivity contribution is 6.12. The quantitative estimate of drug-likeness (QED) is 0.782. The lowest BCUT2D eigenvalue weighted by Gasteiger charge is -2.22. The SMILES string of the molecule is C=C1N(C)c2cc(CN3C(=O)C=CC3=O)ccc2C1(C)C. The molecule has 0 radical (unpaired) electrons. The molecule has 4 nitrogen and oxygen atoms in total. The van der Waals surface area contributed by atoms with Gasteiger partial charge in [0.25, 0.3) is 11.8 Å². The third-order valence-corrected chi connectivity index (χ3v) is 4.46. The molecular weight excluding hydrogens is 264 g/mol. The van der Waals surface area contributed by atoms with Gasteiger partial charge in [-0.2, -0.15) is 0 Å². The molecule has 1 aromatic carbocycles. The Morgan fingerprint density at radius 1 is 1.14 bits per heavy atom. The molecule has 0 spiro atoms. The molecule has 0 fully saturated rings. The van der Waals surface area contributed by atoms with Crippen LogP contribution in [0.4, 0.5) is 5.69 Å². The minimum absolute atomic E-state index is 0.0938. The Bertz CT molecular complexity index is 683. The lowest BCUT2D eigenvalue weighted by molar-refractivity contribution is -0.137. The minimum atomic E-state index is -0.251. The number of carbonyl (C=O) groups excluding carboxylic acids is 2. The van der Waals surface area contributed by atoms with Crippen molar-refractivity contribution < 1.29 is 9.59 Å². The normalized spacial score (nSPS) is 19.7. The molecular formula is C17H18N2O2. The highest BCUT2D eigenvalue weighted by Crippen LogP contribution is 2.46. The molecule has 21 heavy (non-hydrogen) atoms. The summed E-state index contributed by atoms with van der Waals surface area (Å²) in [6.45, 7) is 8.76. The molecule has 0 unspecified atom stereocenters. The molecule has 2 heterocycles. The summed E-state index contributed by atoms with van der Waals surface area (Å²) in [5.74, 6) is -0.503. The van der Waals surface area contributed by atoms with Crippen molar-refractivity contribution in [2.75, 3.05) is 11.9 Å². The van der Waals surface area contributed by atoms with Gasteiger partial charge in [0.1, 0.15) is 0 Å². The van der Waals surface area contributed by atoms with Crippen molar-refractivity contribution in [2.45, 2.75) is 25.8 Å². The van der Waals surface area contributed by atoms with E-state index in [4.69, 9.17) is 0 Å². The lowest BCUT2D eigenvalue weighted by atomic mass is 9.84. The van der Waals surface area contributed by atoms with E-state index >= 15 is 0 Å². The molecule has 0 aromatic heterocycles. The van der Waals surface area contributed by atoms with E-state index in [1.54, 1.807) is 0 Å². The molecule has 0 atom stereocenters. The van der Waals surface area contributed by atoms with Crippen molar-refractivity contribution in [3.8, 4) is 0 Å². The summed E-state index contributed by atoms with van der Waals surface area (Å²) in [6, 6.07) is 6.08. The first-order chi connectivity index (χ1) is 9.82. The Morgan fingerprint density at radius 2 is 1.76 bits per heavy atom. The zero-order valence-corrected chi connectivity index (χ0v) is 12.5. The Morgan fingerprint density at radius 3 is 2.38 bits per heavy atom. The molecule has 0 saturated heterocycles. The van der Waals surface area contributed by atoms with Crippen LogP contribution < -0.4 is 4.90 Å². The number of allylic oxidation sites excluding steroid dienone is 1. The van der Waals surface area contributed by atoms with Crippen molar-refractivity contribution >= 4 is 17.5 Å². The lowest BCUT2D eigenvalue weighted by Crippen LogP contribution is -2.29. The molecule has 0 aliphatic carbocycles. The average Bonchev–Trinajstić information content (AvgIpc) is 2.84. The summed E-state index contributed by atoms with van der Waals surface area (Å²) in [7, 11) is 1.99. The number of hydrogen-bond donors (Lipinski definition) is 0. The smallest absolute Gasteiger partial charge is 0.253 e.